The van der Waals surface area contributed by atoms with Gasteiger partial charge in [-0.15, -0.1) is 0 Å². The van der Waals surface area contributed by atoms with Crippen molar-refractivity contribution in [3.05, 3.63) is 26.8 Å². The van der Waals surface area contributed by atoms with Crippen molar-refractivity contribution in [3.8, 4) is 5.75 Å². The third-order valence-electron chi connectivity index (χ3n) is 1.71. The molecule has 0 N–H and O–H groups in total. The number of methoxy groups -OCH3 is 1. The molecule has 0 heterocycles. The smallest absolute Gasteiger partial charge is 0.253 e. The van der Waals surface area contributed by atoms with E-state index in [4.69, 9.17) is 16.3 Å². The van der Waals surface area contributed by atoms with Crippen LogP contribution >= 0.6 is 34.2 Å². The van der Waals surface area contributed by atoms with Crippen LogP contribution in [0.15, 0.2) is 12.1 Å². The van der Waals surface area contributed by atoms with Crippen LogP contribution in [0.25, 0.3) is 0 Å². The van der Waals surface area contributed by atoms with E-state index < -0.39 is 5.24 Å². The fraction of sp³-hybridized carbons (Fsp3) is 0.222. The number of ether oxygens (including phenoxy) is 1. The zero-order valence-corrected chi connectivity index (χ0v) is 10.1. The molecule has 0 atom stereocenters. The van der Waals surface area contributed by atoms with Crippen molar-refractivity contribution < 1.29 is 9.53 Å². The van der Waals surface area contributed by atoms with E-state index in [9.17, 15) is 4.79 Å². The molecule has 0 spiro atoms. The molecule has 1 aromatic rings. The lowest BCUT2D eigenvalue weighted by Crippen LogP contribution is -1.98. The molecule has 0 aliphatic carbocycles. The van der Waals surface area contributed by atoms with Crippen LogP contribution in [0.3, 0.4) is 0 Å². The van der Waals surface area contributed by atoms with Crippen molar-refractivity contribution >= 4 is 39.4 Å². The average Bonchev–Trinajstić information content (AvgIpc) is 2.04. The van der Waals surface area contributed by atoms with E-state index in [-0.39, 0.29) is 0 Å². The number of aryl methyl sites for hydroxylation is 1. The second-order valence-corrected chi connectivity index (χ2v) is 3.97. The summed E-state index contributed by atoms with van der Waals surface area (Å²) in [5, 5.41) is -0.456. The molecule has 0 unspecified atom stereocenters. The Kier molecular flexibility index (Phi) is 3.55. The summed E-state index contributed by atoms with van der Waals surface area (Å²) < 4.78 is 5.91. The van der Waals surface area contributed by atoms with Gasteiger partial charge in [0.1, 0.15) is 5.75 Å². The molecule has 2 nitrogen and oxygen atoms in total. The first-order chi connectivity index (χ1) is 6.07. The van der Waals surface area contributed by atoms with Crippen molar-refractivity contribution in [2.24, 2.45) is 0 Å². The zero-order chi connectivity index (χ0) is 10.0. The maximum absolute atomic E-state index is 11.0. The highest BCUT2D eigenvalue weighted by Crippen LogP contribution is 2.28. The molecule has 1 aromatic carbocycles. The van der Waals surface area contributed by atoms with Crippen molar-refractivity contribution in [2.75, 3.05) is 7.11 Å². The molecule has 1 rings (SSSR count). The standard InChI is InChI=1S/C9H8ClIO2/c1-5-3-4-6(9(10)12)7(11)8(5)13-2/h3-4H,1-2H3. The number of carbonyl (C=O) groups is 1. The number of halogens is 2. The fourth-order valence-corrected chi connectivity index (χ4v) is 2.44. The molecular formula is C9H8ClIO2. The van der Waals surface area contributed by atoms with Gasteiger partial charge in [-0.2, -0.15) is 0 Å². The molecular weight excluding hydrogens is 302 g/mol. The highest BCUT2D eigenvalue weighted by molar-refractivity contribution is 14.1. The minimum atomic E-state index is -0.456. The van der Waals surface area contributed by atoms with E-state index in [0.29, 0.717) is 11.3 Å². The Morgan fingerprint density at radius 3 is 2.62 bits per heavy atom. The van der Waals surface area contributed by atoms with E-state index in [1.807, 2.05) is 13.0 Å². The number of hydrogen-bond donors (Lipinski definition) is 0. The van der Waals surface area contributed by atoms with Crippen LogP contribution in [0, 0.1) is 10.5 Å². The predicted molar refractivity (Wildman–Crippen MR) is 60.6 cm³/mol. The summed E-state index contributed by atoms with van der Waals surface area (Å²) in [7, 11) is 1.58. The summed E-state index contributed by atoms with van der Waals surface area (Å²) >= 11 is 7.44. The third-order valence-corrected chi connectivity index (χ3v) is 2.98. The van der Waals surface area contributed by atoms with Crippen LogP contribution < -0.4 is 4.74 Å². The van der Waals surface area contributed by atoms with Crippen LogP contribution in [0.4, 0.5) is 0 Å². The highest BCUT2D eigenvalue weighted by atomic mass is 127. The second kappa shape index (κ2) is 4.28. The molecule has 0 saturated carbocycles. The van der Waals surface area contributed by atoms with Gasteiger partial charge in [0.15, 0.2) is 0 Å². The Morgan fingerprint density at radius 1 is 1.54 bits per heavy atom. The minimum absolute atomic E-state index is 0.456. The van der Waals surface area contributed by atoms with Crippen molar-refractivity contribution in [1.29, 1.82) is 0 Å². The summed E-state index contributed by atoms with van der Waals surface area (Å²) in [5.74, 6) is 0.715. The minimum Gasteiger partial charge on any atom is -0.495 e. The molecule has 4 heteroatoms. The number of rotatable bonds is 2. The fourth-order valence-electron chi connectivity index (χ4n) is 1.05. The first kappa shape index (κ1) is 10.8. The Balaban J connectivity index is 3.35. The van der Waals surface area contributed by atoms with Crippen LogP contribution in [-0.2, 0) is 0 Å². The monoisotopic (exact) mass is 310 g/mol. The summed E-state index contributed by atoms with van der Waals surface area (Å²) in [4.78, 5) is 11.0. The normalized spacial score (nSPS) is 9.85. The van der Waals surface area contributed by atoms with Crippen LogP contribution in [0.5, 0.6) is 5.75 Å². The van der Waals surface area contributed by atoms with Gasteiger partial charge in [0.2, 0.25) is 0 Å². The Morgan fingerprint density at radius 2 is 2.15 bits per heavy atom. The Bertz CT molecular complexity index is 350. The second-order valence-electron chi connectivity index (χ2n) is 2.55. The van der Waals surface area contributed by atoms with Crippen LogP contribution in [0.1, 0.15) is 15.9 Å². The molecule has 0 saturated heterocycles. The molecule has 0 aliphatic rings. The van der Waals surface area contributed by atoms with E-state index in [0.717, 1.165) is 9.13 Å². The van der Waals surface area contributed by atoms with E-state index in [2.05, 4.69) is 22.6 Å². The van der Waals surface area contributed by atoms with Gasteiger partial charge in [0.25, 0.3) is 5.24 Å². The molecule has 0 fully saturated rings. The molecule has 0 radical (unpaired) electrons. The third kappa shape index (κ3) is 2.14. The van der Waals surface area contributed by atoms with E-state index >= 15 is 0 Å². The summed E-state index contributed by atoms with van der Waals surface area (Å²) in [6, 6.07) is 3.52. The summed E-state index contributed by atoms with van der Waals surface area (Å²) in [6.45, 7) is 1.92. The first-order valence-electron chi connectivity index (χ1n) is 3.61. The maximum Gasteiger partial charge on any atom is 0.253 e. The van der Waals surface area contributed by atoms with Crippen molar-refractivity contribution in [2.45, 2.75) is 6.92 Å². The van der Waals surface area contributed by atoms with Gasteiger partial charge in [-0.1, -0.05) is 6.07 Å². The highest BCUT2D eigenvalue weighted by Gasteiger charge is 2.13. The van der Waals surface area contributed by atoms with E-state index in [1.54, 1.807) is 13.2 Å². The molecule has 70 valence electrons. The first-order valence-corrected chi connectivity index (χ1v) is 5.06. The van der Waals surface area contributed by atoms with Gasteiger partial charge < -0.3 is 4.74 Å². The number of hydrogen-bond acceptors (Lipinski definition) is 2. The predicted octanol–water partition coefficient (Wildman–Crippen LogP) is 2.99. The van der Waals surface area contributed by atoms with Crippen molar-refractivity contribution in [3.63, 3.8) is 0 Å². The Labute approximate surface area is 95.4 Å². The van der Waals surface area contributed by atoms with Gasteiger partial charge in [0.05, 0.1) is 16.2 Å². The van der Waals surface area contributed by atoms with E-state index in [1.165, 1.54) is 0 Å². The molecule has 13 heavy (non-hydrogen) atoms. The van der Waals surface area contributed by atoms with Crippen LogP contribution in [0.2, 0.25) is 0 Å². The quantitative estimate of drug-likeness (QED) is 0.620. The Hall–Kier alpha value is -0.290. The molecule has 0 bridgehead atoms. The zero-order valence-electron chi connectivity index (χ0n) is 7.23. The van der Waals surface area contributed by atoms with Crippen LogP contribution in [-0.4, -0.2) is 12.4 Å². The average molecular weight is 311 g/mol. The summed E-state index contributed by atoms with van der Waals surface area (Å²) in [6.07, 6.45) is 0. The maximum atomic E-state index is 11.0. The van der Waals surface area contributed by atoms with Gasteiger partial charge in [-0.3, -0.25) is 4.79 Å². The van der Waals surface area contributed by atoms with Gasteiger partial charge in [-0.05, 0) is 52.7 Å². The SMILES string of the molecule is COc1c(C)ccc(C(=O)Cl)c1I. The van der Waals surface area contributed by atoms with Gasteiger partial charge in [0, 0.05) is 0 Å². The lowest BCUT2D eigenvalue weighted by molar-refractivity contribution is 0.108. The van der Waals surface area contributed by atoms with Gasteiger partial charge >= 0.3 is 0 Å². The molecule has 0 aromatic heterocycles. The van der Waals surface area contributed by atoms with Crippen molar-refractivity contribution in [1.82, 2.24) is 0 Å². The lowest BCUT2D eigenvalue weighted by atomic mass is 10.1. The number of carbonyl (C=O) groups excluding carboxylic acids is 1. The number of benzene rings is 1. The largest absolute Gasteiger partial charge is 0.495 e. The molecule has 0 aliphatic heterocycles. The van der Waals surface area contributed by atoms with Gasteiger partial charge in [-0.25, -0.2) is 0 Å². The molecule has 0 amide bonds. The lowest BCUT2D eigenvalue weighted by Gasteiger charge is -2.08. The summed E-state index contributed by atoms with van der Waals surface area (Å²) in [5.41, 5.74) is 1.48. The topological polar surface area (TPSA) is 26.3 Å².